The minimum Gasteiger partial charge on any atom is -0.481 e. The van der Waals surface area contributed by atoms with Gasteiger partial charge in [-0.15, -0.1) is 0 Å². The Morgan fingerprint density at radius 2 is 1.83 bits per heavy atom. The predicted molar refractivity (Wildman–Crippen MR) is 65.8 cm³/mol. The van der Waals surface area contributed by atoms with Crippen LogP contribution in [0.3, 0.4) is 0 Å². The Morgan fingerprint density at radius 1 is 1.22 bits per heavy atom. The summed E-state index contributed by atoms with van der Waals surface area (Å²) in [7, 11) is 0. The molecule has 2 saturated carbocycles. The number of likely N-dealkylation sites (tertiary alicyclic amines) is 1. The summed E-state index contributed by atoms with van der Waals surface area (Å²) in [5.74, 6) is 0.0179. The van der Waals surface area contributed by atoms with Gasteiger partial charge in [-0.2, -0.15) is 0 Å². The average Bonchev–Trinajstić information content (AvgIpc) is 3.17. The van der Waals surface area contributed by atoms with E-state index in [1.165, 1.54) is 0 Å². The van der Waals surface area contributed by atoms with Gasteiger partial charge in [0, 0.05) is 19.0 Å². The Balaban J connectivity index is 1.68. The van der Waals surface area contributed by atoms with Crippen LogP contribution in [0, 0.1) is 29.1 Å². The van der Waals surface area contributed by atoms with Crippen molar-refractivity contribution in [3.8, 4) is 0 Å². The van der Waals surface area contributed by atoms with Crippen LogP contribution in [0.1, 0.15) is 33.1 Å². The SMILES string of the molecule is CC1(C)CC1C(=O)N1C[C@H](C(=O)O)[C@@H](C2CC2)C1. The molecule has 1 heterocycles. The molecule has 0 aromatic carbocycles. The largest absolute Gasteiger partial charge is 0.481 e. The molecule has 1 aliphatic heterocycles. The van der Waals surface area contributed by atoms with E-state index >= 15 is 0 Å². The van der Waals surface area contributed by atoms with Crippen molar-refractivity contribution in [1.82, 2.24) is 4.90 Å². The Bertz CT molecular complexity index is 400. The smallest absolute Gasteiger partial charge is 0.308 e. The monoisotopic (exact) mass is 251 g/mol. The van der Waals surface area contributed by atoms with Gasteiger partial charge in [0.2, 0.25) is 5.91 Å². The van der Waals surface area contributed by atoms with Gasteiger partial charge in [-0.3, -0.25) is 9.59 Å². The Morgan fingerprint density at radius 3 is 2.28 bits per heavy atom. The lowest BCUT2D eigenvalue weighted by atomic mass is 9.92. The van der Waals surface area contributed by atoms with Crippen LogP contribution in [0.2, 0.25) is 0 Å². The second kappa shape index (κ2) is 3.72. The molecule has 0 aromatic heterocycles. The van der Waals surface area contributed by atoms with Crippen molar-refractivity contribution < 1.29 is 14.7 Å². The molecule has 1 unspecified atom stereocenters. The van der Waals surface area contributed by atoms with Crippen molar-refractivity contribution in [2.24, 2.45) is 29.1 Å². The summed E-state index contributed by atoms with van der Waals surface area (Å²) in [4.78, 5) is 25.4. The lowest BCUT2D eigenvalue weighted by Crippen LogP contribution is -2.32. The molecule has 2 aliphatic carbocycles. The number of carboxylic acids is 1. The molecular formula is C14H21NO3. The van der Waals surface area contributed by atoms with Crippen molar-refractivity contribution in [1.29, 1.82) is 0 Å². The average molecular weight is 251 g/mol. The first-order chi connectivity index (χ1) is 8.40. The van der Waals surface area contributed by atoms with Crippen LogP contribution in [-0.4, -0.2) is 35.0 Å². The Labute approximate surface area is 107 Å². The predicted octanol–water partition coefficient (Wildman–Crippen LogP) is 1.60. The molecule has 100 valence electrons. The fraction of sp³-hybridized carbons (Fsp3) is 0.857. The van der Waals surface area contributed by atoms with Gasteiger partial charge in [0.15, 0.2) is 0 Å². The molecule has 3 atom stereocenters. The number of hydrogen-bond acceptors (Lipinski definition) is 2. The van der Waals surface area contributed by atoms with Crippen LogP contribution in [0.4, 0.5) is 0 Å². The van der Waals surface area contributed by atoms with Gasteiger partial charge >= 0.3 is 5.97 Å². The molecule has 18 heavy (non-hydrogen) atoms. The molecule has 1 amide bonds. The number of aliphatic carboxylic acids is 1. The van der Waals surface area contributed by atoms with Gasteiger partial charge in [-0.1, -0.05) is 13.8 Å². The zero-order chi connectivity index (χ0) is 13.1. The van der Waals surface area contributed by atoms with E-state index < -0.39 is 5.97 Å². The third-order valence-electron chi connectivity index (χ3n) is 5.03. The molecular weight excluding hydrogens is 230 g/mol. The van der Waals surface area contributed by atoms with Gasteiger partial charge in [-0.25, -0.2) is 0 Å². The van der Waals surface area contributed by atoms with E-state index in [0.29, 0.717) is 19.0 Å². The topological polar surface area (TPSA) is 57.6 Å². The number of nitrogens with zero attached hydrogens (tertiary/aromatic N) is 1. The highest BCUT2D eigenvalue weighted by molar-refractivity contribution is 5.84. The maximum Gasteiger partial charge on any atom is 0.308 e. The van der Waals surface area contributed by atoms with E-state index in [4.69, 9.17) is 0 Å². The van der Waals surface area contributed by atoms with Gasteiger partial charge in [0.1, 0.15) is 0 Å². The Hall–Kier alpha value is -1.06. The molecule has 0 aromatic rings. The molecule has 0 radical (unpaired) electrons. The first-order valence-corrected chi connectivity index (χ1v) is 6.92. The normalized spacial score (nSPS) is 37.7. The molecule has 0 spiro atoms. The minimum absolute atomic E-state index is 0.130. The first kappa shape index (κ1) is 12.0. The van der Waals surface area contributed by atoms with Crippen LogP contribution in [0.25, 0.3) is 0 Å². The number of rotatable bonds is 3. The molecule has 0 bridgehead atoms. The summed E-state index contributed by atoms with van der Waals surface area (Å²) >= 11 is 0. The van der Waals surface area contributed by atoms with Crippen LogP contribution >= 0.6 is 0 Å². The van der Waals surface area contributed by atoms with Crippen LogP contribution in [0.5, 0.6) is 0 Å². The van der Waals surface area contributed by atoms with Gasteiger partial charge < -0.3 is 10.0 Å². The first-order valence-electron chi connectivity index (χ1n) is 6.92. The quantitative estimate of drug-likeness (QED) is 0.829. The fourth-order valence-corrected chi connectivity index (χ4v) is 3.38. The third-order valence-corrected chi connectivity index (χ3v) is 5.03. The summed E-state index contributed by atoms with van der Waals surface area (Å²) in [6.07, 6.45) is 3.24. The zero-order valence-electron chi connectivity index (χ0n) is 11.1. The lowest BCUT2D eigenvalue weighted by Gasteiger charge is -2.17. The van der Waals surface area contributed by atoms with Crippen molar-refractivity contribution >= 4 is 11.9 Å². The van der Waals surface area contributed by atoms with Crippen molar-refractivity contribution in [2.75, 3.05) is 13.1 Å². The summed E-state index contributed by atoms with van der Waals surface area (Å²) in [6, 6.07) is 0. The molecule has 4 nitrogen and oxygen atoms in total. The molecule has 3 rings (SSSR count). The van der Waals surface area contributed by atoms with Gasteiger partial charge in [-0.05, 0) is 36.5 Å². The maximum atomic E-state index is 12.3. The van der Waals surface area contributed by atoms with Crippen LogP contribution in [0.15, 0.2) is 0 Å². The van der Waals surface area contributed by atoms with E-state index in [-0.39, 0.29) is 29.1 Å². The standard InChI is InChI=1S/C14H21NO3/c1-14(2)5-11(14)12(16)15-6-9(8-3-4-8)10(7-15)13(17)18/h8-11H,3-7H2,1-2H3,(H,17,18)/t9-,10+,11?/m1/s1. The summed E-state index contributed by atoms with van der Waals surface area (Å²) in [6.45, 7) is 5.33. The van der Waals surface area contributed by atoms with Crippen molar-refractivity contribution in [2.45, 2.75) is 33.1 Å². The number of hydrogen-bond donors (Lipinski definition) is 1. The van der Waals surface area contributed by atoms with Crippen molar-refractivity contribution in [3.05, 3.63) is 0 Å². The highest BCUT2D eigenvalue weighted by atomic mass is 16.4. The zero-order valence-corrected chi connectivity index (χ0v) is 11.1. The van der Waals surface area contributed by atoms with Crippen LogP contribution in [-0.2, 0) is 9.59 Å². The minimum atomic E-state index is -0.725. The third kappa shape index (κ3) is 1.91. The lowest BCUT2D eigenvalue weighted by molar-refractivity contribution is -0.142. The van der Waals surface area contributed by atoms with Crippen LogP contribution < -0.4 is 0 Å². The summed E-state index contributed by atoms with van der Waals surface area (Å²) < 4.78 is 0. The molecule has 3 aliphatic rings. The second-order valence-corrected chi connectivity index (χ2v) is 6.93. The summed E-state index contributed by atoms with van der Waals surface area (Å²) in [5, 5.41) is 9.28. The molecule has 1 N–H and O–H groups in total. The van der Waals surface area contributed by atoms with E-state index in [1.54, 1.807) is 0 Å². The number of carbonyl (C=O) groups excluding carboxylic acids is 1. The fourth-order valence-electron chi connectivity index (χ4n) is 3.38. The van der Waals surface area contributed by atoms with Gasteiger partial charge in [0.25, 0.3) is 0 Å². The van der Waals surface area contributed by atoms with E-state index in [0.717, 1.165) is 19.3 Å². The van der Waals surface area contributed by atoms with Gasteiger partial charge in [0.05, 0.1) is 5.92 Å². The van der Waals surface area contributed by atoms with E-state index in [2.05, 4.69) is 13.8 Å². The molecule has 3 fully saturated rings. The van der Waals surface area contributed by atoms with E-state index in [9.17, 15) is 14.7 Å². The second-order valence-electron chi connectivity index (χ2n) is 6.93. The maximum absolute atomic E-state index is 12.3. The Kier molecular flexibility index (Phi) is 2.48. The molecule has 4 heteroatoms. The molecule has 1 saturated heterocycles. The van der Waals surface area contributed by atoms with Crippen molar-refractivity contribution in [3.63, 3.8) is 0 Å². The highest BCUT2D eigenvalue weighted by Crippen LogP contribution is 2.53. The number of amides is 1. The number of carbonyl (C=O) groups is 2. The highest BCUT2D eigenvalue weighted by Gasteiger charge is 2.55. The van der Waals surface area contributed by atoms with E-state index in [1.807, 2.05) is 4.90 Å². The summed E-state index contributed by atoms with van der Waals surface area (Å²) in [5.41, 5.74) is 0.132. The number of carboxylic acid groups (broad SMARTS) is 1.